The highest BCUT2D eigenvalue weighted by Gasteiger charge is 2.36. The van der Waals surface area contributed by atoms with E-state index in [1.54, 1.807) is 36.4 Å². The van der Waals surface area contributed by atoms with Gasteiger partial charge in [0.2, 0.25) is 0 Å². The molecule has 2 rings (SSSR count). The van der Waals surface area contributed by atoms with Crippen molar-refractivity contribution in [3.05, 3.63) is 64.1 Å². The Kier molecular flexibility index (Phi) is 4.66. The molecule has 0 aromatic heterocycles. The molecule has 0 radical (unpaired) electrons. The molecule has 1 atom stereocenters. The molecule has 0 aliphatic carbocycles. The molecule has 6 heteroatoms. The van der Waals surface area contributed by atoms with Gasteiger partial charge in [0, 0.05) is 23.0 Å². The Morgan fingerprint density at radius 2 is 1.75 bits per heavy atom. The highest BCUT2D eigenvalue weighted by molar-refractivity contribution is 7.83. The molecule has 0 aliphatic heterocycles. The monoisotopic (exact) mass is 328 g/mol. The van der Waals surface area contributed by atoms with E-state index >= 15 is 0 Å². The van der Waals surface area contributed by atoms with Crippen LogP contribution in [0, 0.1) is 0 Å². The van der Waals surface area contributed by atoms with Gasteiger partial charge in [0.15, 0.2) is 0 Å². The van der Waals surface area contributed by atoms with E-state index in [0.29, 0.717) is 10.3 Å². The van der Waals surface area contributed by atoms with Crippen molar-refractivity contribution in [3.63, 3.8) is 0 Å². The first kappa shape index (κ1) is 15.3. The summed E-state index contributed by atoms with van der Waals surface area (Å²) in [5.41, 5.74) is -0.577. The Labute approximate surface area is 126 Å². The predicted molar refractivity (Wildman–Crippen MR) is 81.5 cm³/mol. The Balaban J connectivity index is 2.55. The normalized spacial score (nSPS) is 13.8. The minimum absolute atomic E-state index is 0.0909. The van der Waals surface area contributed by atoms with Crippen LogP contribution in [0.15, 0.2) is 48.5 Å². The molecule has 104 valence electrons. The smallest absolute Gasteiger partial charge is 0.300 e. The maximum absolute atomic E-state index is 12.9. The van der Waals surface area contributed by atoms with E-state index in [4.69, 9.17) is 27.7 Å². The van der Waals surface area contributed by atoms with Crippen molar-refractivity contribution >= 4 is 41.4 Å². The summed E-state index contributed by atoms with van der Waals surface area (Å²) in [4.78, 5) is 12.5. The molecule has 2 aromatic rings. The summed E-state index contributed by atoms with van der Waals surface area (Å²) in [6, 6.07) is 12.7. The van der Waals surface area contributed by atoms with Gasteiger partial charge in [-0.3, -0.25) is 9.36 Å². The van der Waals surface area contributed by atoms with Crippen molar-refractivity contribution in [1.82, 2.24) is 0 Å². The fourth-order valence-corrected chi connectivity index (χ4v) is 3.87. The van der Waals surface area contributed by atoms with Crippen LogP contribution in [0.5, 0.6) is 0 Å². The minimum atomic E-state index is -3.69. The van der Waals surface area contributed by atoms with Crippen LogP contribution in [0.2, 0.25) is 10.0 Å². The van der Waals surface area contributed by atoms with E-state index in [2.05, 4.69) is 0 Å². The van der Waals surface area contributed by atoms with E-state index < -0.39 is 12.9 Å². The average Bonchev–Trinajstić information content (AvgIpc) is 2.49. The number of rotatable bonds is 4. The van der Waals surface area contributed by atoms with Crippen LogP contribution < -0.4 is 5.30 Å². The van der Waals surface area contributed by atoms with Crippen molar-refractivity contribution in [3.8, 4) is 0 Å². The van der Waals surface area contributed by atoms with Gasteiger partial charge < -0.3 is 4.52 Å². The molecule has 1 unspecified atom stereocenters. The number of carbonyl (C=O) groups is 1. The minimum Gasteiger partial charge on any atom is -0.323 e. The molecule has 0 aliphatic rings. The third-order valence-corrected chi connectivity index (χ3v) is 5.61. The molecular weight excluding hydrogens is 318 g/mol. The molecular formula is C14H11Cl2O3P. The van der Waals surface area contributed by atoms with Gasteiger partial charge >= 0.3 is 7.37 Å². The zero-order chi connectivity index (χ0) is 14.8. The molecule has 0 amide bonds. The first-order valence-corrected chi connectivity index (χ1v) is 8.08. The van der Waals surface area contributed by atoms with Crippen LogP contribution in [-0.4, -0.2) is 12.6 Å². The van der Waals surface area contributed by atoms with Gasteiger partial charge in [0.1, 0.15) is 0 Å². The van der Waals surface area contributed by atoms with Gasteiger partial charge in [-0.15, -0.1) is 0 Å². The standard InChI is InChI=1S/C14H11Cl2O3P/c1-19-20(18,11-5-3-2-4-6-11)14(17)12-9-10(15)7-8-13(12)16/h2-9H,1H3. The summed E-state index contributed by atoms with van der Waals surface area (Å²) in [6.45, 7) is 0. The van der Waals surface area contributed by atoms with Crippen molar-refractivity contribution in [2.24, 2.45) is 0 Å². The summed E-state index contributed by atoms with van der Waals surface area (Å²) < 4.78 is 17.9. The molecule has 0 bridgehead atoms. The van der Waals surface area contributed by atoms with E-state index in [9.17, 15) is 9.36 Å². The number of carbonyl (C=O) groups excluding carboxylic acids is 1. The number of benzene rings is 2. The molecule has 0 fully saturated rings. The summed E-state index contributed by atoms with van der Waals surface area (Å²) in [5.74, 6) is 0. The van der Waals surface area contributed by atoms with Gasteiger partial charge in [-0.05, 0) is 30.3 Å². The van der Waals surface area contributed by atoms with Gasteiger partial charge in [-0.1, -0.05) is 41.4 Å². The van der Waals surface area contributed by atoms with Crippen LogP contribution in [0.4, 0.5) is 0 Å². The second kappa shape index (κ2) is 6.11. The fourth-order valence-electron chi connectivity index (χ4n) is 1.75. The van der Waals surface area contributed by atoms with Crippen molar-refractivity contribution in [2.45, 2.75) is 0 Å². The van der Waals surface area contributed by atoms with Crippen molar-refractivity contribution in [1.29, 1.82) is 0 Å². The highest BCUT2D eigenvalue weighted by atomic mass is 35.5. The largest absolute Gasteiger partial charge is 0.323 e. The zero-order valence-corrected chi connectivity index (χ0v) is 13.0. The van der Waals surface area contributed by atoms with E-state index in [-0.39, 0.29) is 10.6 Å². The lowest BCUT2D eigenvalue weighted by Gasteiger charge is -2.16. The van der Waals surface area contributed by atoms with Crippen molar-refractivity contribution < 1.29 is 13.9 Å². The third kappa shape index (κ3) is 2.82. The maximum atomic E-state index is 12.9. The Morgan fingerprint density at radius 3 is 2.35 bits per heavy atom. The lowest BCUT2D eigenvalue weighted by atomic mass is 10.2. The van der Waals surface area contributed by atoms with Crippen molar-refractivity contribution in [2.75, 3.05) is 7.11 Å². The zero-order valence-electron chi connectivity index (χ0n) is 10.5. The summed E-state index contributed by atoms with van der Waals surface area (Å²) >= 11 is 11.8. The van der Waals surface area contributed by atoms with E-state index in [1.165, 1.54) is 19.2 Å². The van der Waals surface area contributed by atoms with Crippen LogP contribution in [0.1, 0.15) is 10.4 Å². The summed E-state index contributed by atoms with van der Waals surface area (Å²) in [5, 5.41) is 0.851. The number of hydrogen-bond acceptors (Lipinski definition) is 3. The van der Waals surface area contributed by atoms with Crippen LogP contribution in [-0.2, 0) is 9.09 Å². The molecule has 0 saturated heterocycles. The van der Waals surface area contributed by atoms with Gasteiger partial charge in [-0.25, -0.2) is 0 Å². The Hall–Kier alpha value is -1.12. The van der Waals surface area contributed by atoms with Gasteiger partial charge in [-0.2, -0.15) is 0 Å². The highest BCUT2D eigenvalue weighted by Crippen LogP contribution is 2.49. The topological polar surface area (TPSA) is 43.4 Å². The van der Waals surface area contributed by atoms with Crippen LogP contribution >= 0.6 is 30.6 Å². The SMILES string of the molecule is COP(=O)(C(=O)c1cc(Cl)ccc1Cl)c1ccccc1. The van der Waals surface area contributed by atoms with Gasteiger partial charge in [0.05, 0.1) is 5.02 Å². The Bertz CT molecular complexity index is 686. The maximum Gasteiger partial charge on any atom is 0.300 e. The summed E-state index contributed by atoms with van der Waals surface area (Å²) in [6.07, 6.45) is 0. The van der Waals surface area contributed by atoms with E-state index in [1.807, 2.05) is 0 Å². The first-order chi connectivity index (χ1) is 9.49. The van der Waals surface area contributed by atoms with Gasteiger partial charge in [0.25, 0.3) is 5.52 Å². The first-order valence-electron chi connectivity index (χ1n) is 5.70. The van der Waals surface area contributed by atoms with Crippen LogP contribution in [0.3, 0.4) is 0 Å². The third-order valence-electron chi connectivity index (χ3n) is 2.78. The summed E-state index contributed by atoms with van der Waals surface area (Å²) in [7, 11) is -2.45. The average molecular weight is 329 g/mol. The molecule has 3 nitrogen and oxygen atoms in total. The lowest BCUT2D eigenvalue weighted by molar-refractivity contribution is 0.106. The molecule has 0 N–H and O–H groups in total. The molecule has 20 heavy (non-hydrogen) atoms. The molecule has 0 spiro atoms. The number of hydrogen-bond donors (Lipinski definition) is 0. The number of halogens is 2. The molecule has 0 saturated carbocycles. The van der Waals surface area contributed by atoms with Crippen LogP contribution in [0.25, 0.3) is 0 Å². The second-order valence-corrected chi connectivity index (χ2v) is 7.23. The quantitative estimate of drug-likeness (QED) is 0.782. The Morgan fingerprint density at radius 1 is 1.10 bits per heavy atom. The molecule has 2 aromatic carbocycles. The predicted octanol–water partition coefficient (Wildman–Crippen LogP) is 4.38. The fraction of sp³-hybridized carbons (Fsp3) is 0.0714. The molecule has 0 heterocycles. The second-order valence-electron chi connectivity index (χ2n) is 4.00. The van der Waals surface area contributed by atoms with E-state index in [0.717, 1.165) is 0 Å². The lowest BCUT2D eigenvalue weighted by Crippen LogP contribution is -2.14.